The molecule has 136 valence electrons. The number of amides is 1. The van der Waals surface area contributed by atoms with Crippen LogP contribution in [0.5, 0.6) is 0 Å². The van der Waals surface area contributed by atoms with Crippen molar-refractivity contribution < 1.29 is 9.53 Å². The van der Waals surface area contributed by atoms with E-state index >= 15 is 0 Å². The van der Waals surface area contributed by atoms with Gasteiger partial charge in [-0.15, -0.1) is 0 Å². The van der Waals surface area contributed by atoms with Gasteiger partial charge in [0, 0.05) is 30.9 Å². The highest BCUT2D eigenvalue weighted by atomic mass is 79.9. The van der Waals surface area contributed by atoms with Crippen molar-refractivity contribution in [3.8, 4) is 0 Å². The van der Waals surface area contributed by atoms with Crippen LogP contribution in [0.15, 0.2) is 0 Å². The molecule has 5 atom stereocenters. The average Bonchev–Trinajstić information content (AvgIpc) is 2.78. The molecule has 5 unspecified atom stereocenters. The van der Waals surface area contributed by atoms with Gasteiger partial charge in [0.15, 0.2) is 0 Å². The molecule has 0 aromatic carbocycles. The molecule has 3 nitrogen and oxygen atoms in total. The Morgan fingerprint density at radius 2 is 1.87 bits per heavy atom. The van der Waals surface area contributed by atoms with E-state index in [4.69, 9.17) is 4.74 Å². The third-order valence-corrected chi connectivity index (χ3v) is 11.5. The number of rotatable bonds is 6. The van der Waals surface area contributed by atoms with Crippen molar-refractivity contribution in [3.05, 3.63) is 0 Å². The molecule has 2 saturated carbocycles. The Bertz CT molecular complexity index is 464. The Morgan fingerprint density at radius 3 is 2.35 bits per heavy atom. The molecular weight excluding hydrogens is 374 g/mol. The fraction of sp³-hybridized carbons (Fsp3) is 0.944. The molecule has 0 spiro atoms. The summed E-state index contributed by atoms with van der Waals surface area (Å²) in [5, 5.41) is 0.459. The number of fused-ring (bicyclic) bond motifs is 2. The number of ether oxygens (including phenoxy) is 1. The van der Waals surface area contributed by atoms with Crippen molar-refractivity contribution in [1.82, 2.24) is 4.90 Å². The average molecular weight is 408 g/mol. The SMILES string of the molecule is CCN(CC)C(=O)CS(C)(Br)C1C2CCC(C)(C1OC)C2(C)C. The standard InChI is InChI=1S/C18H34BrNO2S/c1-8-20(9-2)14(21)12-23(7,19)15-13-10-11-18(5,16(15)22-6)17(13,3)4/h13,15-16H,8-12H2,1-7H3. The summed E-state index contributed by atoms with van der Waals surface area (Å²) in [4.78, 5) is 14.6. The Morgan fingerprint density at radius 1 is 1.30 bits per heavy atom. The van der Waals surface area contributed by atoms with E-state index in [-0.39, 0.29) is 22.8 Å². The van der Waals surface area contributed by atoms with Gasteiger partial charge in [-0.1, -0.05) is 20.8 Å². The summed E-state index contributed by atoms with van der Waals surface area (Å²) in [5.41, 5.74) is 0.496. The van der Waals surface area contributed by atoms with E-state index in [0.29, 0.717) is 16.9 Å². The van der Waals surface area contributed by atoms with Crippen LogP contribution in [-0.4, -0.2) is 54.4 Å². The summed E-state index contributed by atoms with van der Waals surface area (Å²) in [6, 6.07) is 0. The van der Waals surface area contributed by atoms with Gasteiger partial charge >= 0.3 is 0 Å². The Balaban J connectivity index is 2.27. The van der Waals surface area contributed by atoms with Crippen LogP contribution in [0, 0.1) is 16.7 Å². The fourth-order valence-corrected chi connectivity index (χ4v) is 10.1. The maximum absolute atomic E-state index is 12.7. The molecule has 23 heavy (non-hydrogen) atoms. The molecule has 0 aromatic rings. The van der Waals surface area contributed by atoms with Crippen LogP contribution in [-0.2, 0) is 9.53 Å². The first-order chi connectivity index (χ1) is 10.6. The highest BCUT2D eigenvalue weighted by Gasteiger charge is 2.68. The Kier molecular flexibility index (Phi) is 5.56. The summed E-state index contributed by atoms with van der Waals surface area (Å²) in [5.74, 6) is 1.55. The van der Waals surface area contributed by atoms with Gasteiger partial charge in [-0.05, 0) is 59.1 Å². The fourth-order valence-electron chi connectivity index (χ4n) is 5.22. The predicted octanol–water partition coefficient (Wildman–Crippen LogP) is 4.44. The summed E-state index contributed by atoms with van der Waals surface area (Å²) in [6.45, 7) is 12.9. The highest BCUT2D eigenvalue weighted by Crippen LogP contribution is 2.75. The van der Waals surface area contributed by atoms with Crippen molar-refractivity contribution in [3.63, 3.8) is 0 Å². The highest BCUT2D eigenvalue weighted by molar-refractivity contribution is 9.58. The number of methoxy groups -OCH3 is 1. The van der Waals surface area contributed by atoms with E-state index in [1.165, 1.54) is 12.8 Å². The number of carbonyl (C=O) groups excluding carboxylic acids is 1. The molecule has 0 aromatic heterocycles. The molecular formula is C18H34BrNO2S. The number of nitrogens with zero attached hydrogens (tertiary/aromatic N) is 1. The van der Waals surface area contributed by atoms with Crippen molar-refractivity contribution in [2.24, 2.45) is 16.7 Å². The van der Waals surface area contributed by atoms with Gasteiger partial charge in [0.1, 0.15) is 0 Å². The van der Waals surface area contributed by atoms with Crippen molar-refractivity contribution in [1.29, 1.82) is 0 Å². The van der Waals surface area contributed by atoms with Crippen LogP contribution < -0.4 is 0 Å². The quantitative estimate of drug-likeness (QED) is 0.650. The lowest BCUT2D eigenvalue weighted by Gasteiger charge is -2.46. The lowest BCUT2D eigenvalue weighted by molar-refractivity contribution is -0.128. The molecule has 2 aliphatic carbocycles. The topological polar surface area (TPSA) is 29.5 Å². The van der Waals surface area contributed by atoms with Crippen molar-refractivity contribution in [2.45, 2.75) is 58.8 Å². The second-order valence-electron chi connectivity index (χ2n) is 8.16. The van der Waals surface area contributed by atoms with Crippen LogP contribution in [0.1, 0.15) is 47.5 Å². The van der Waals surface area contributed by atoms with E-state index < -0.39 is 8.46 Å². The minimum atomic E-state index is -1.23. The van der Waals surface area contributed by atoms with Crippen LogP contribution in [0.25, 0.3) is 0 Å². The summed E-state index contributed by atoms with van der Waals surface area (Å²) in [6.07, 6.45) is 5.04. The van der Waals surface area contributed by atoms with Gasteiger partial charge in [-0.2, -0.15) is 8.46 Å². The molecule has 2 rings (SSSR count). The van der Waals surface area contributed by atoms with Crippen LogP contribution in [0.4, 0.5) is 0 Å². The first kappa shape index (κ1) is 19.6. The van der Waals surface area contributed by atoms with Gasteiger partial charge < -0.3 is 9.64 Å². The first-order valence-electron chi connectivity index (χ1n) is 8.81. The zero-order valence-electron chi connectivity index (χ0n) is 15.8. The monoisotopic (exact) mass is 407 g/mol. The first-order valence-corrected chi connectivity index (χ1v) is 12.9. The third-order valence-electron chi connectivity index (χ3n) is 7.04. The molecule has 0 heterocycles. The maximum Gasteiger partial charge on any atom is 0.231 e. The summed E-state index contributed by atoms with van der Waals surface area (Å²) >= 11 is 4.05. The second kappa shape index (κ2) is 6.53. The number of carbonyl (C=O) groups is 1. The summed E-state index contributed by atoms with van der Waals surface area (Å²) in [7, 11) is 0.626. The third kappa shape index (κ3) is 2.89. The minimum absolute atomic E-state index is 0.220. The summed E-state index contributed by atoms with van der Waals surface area (Å²) < 4.78 is 6.04. The zero-order valence-corrected chi connectivity index (χ0v) is 18.2. The van der Waals surface area contributed by atoms with Crippen LogP contribution in [0.3, 0.4) is 0 Å². The number of hydrogen-bond acceptors (Lipinski definition) is 2. The van der Waals surface area contributed by atoms with E-state index in [1.807, 2.05) is 12.0 Å². The van der Waals surface area contributed by atoms with E-state index in [9.17, 15) is 4.79 Å². The molecule has 0 aliphatic heterocycles. The molecule has 0 saturated heterocycles. The molecule has 0 radical (unpaired) electrons. The van der Waals surface area contributed by atoms with Gasteiger partial charge in [0.05, 0.1) is 11.9 Å². The lowest BCUT2D eigenvalue weighted by Crippen LogP contribution is -2.44. The van der Waals surface area contributed by atoms with Crippen molar-refractivity contribution in [2.75, 3.05) is 32.2 Å². The predicted molar refractivity (Wildman–Crippen MR) is 104 cm³/mol. The Hall–Kier alpha value is 0.260. The molecule has 2 bridgehead atoms. The van der Waals surface area contributed by atoms with E-state index in [2.05, 4.69) is 55.7 Å². The molecule has 2 fully saturated rings. The van der Waals surface area contributed by atoms with Gasteiger partial charge in [-0.25, -0.2) is 0 Å². The van der Waals surface area contributed by atoms with Gasteiger partial charge in [0.25, 0.3) is 0 Å². The van der Waals surface area contributed by atoms with Gasteiger partial charge in [-0.3, -0.25) is 4.79 Å². The van der Waals surface area contributed by atoms with Gasteiger partial charge in [0.2, 0.25) is 5.91 Å². The van der Waals surface area contributed by atoms with E-state index in [0.717, 1.165) is 13.1 Å². The molecule has 2 aliphatic rings. The number of hydrogen-bond donors (Lipinski definition) is 0. The van der Waals surface area contributed by atoms with Crippen LogP contribution >= 0.6 is 23.3 Å². The molecule has 1 amide bonds. The largest absolute Gasteiger partial charge is 0.380 e. The zero-order chi connectivity index (χ0) is 17.6. The maximum atomic E-state index is 12.7. The lowest BCUT2D eigenvalue weighted by atomic mass is 9.70. The van der Waals surface area contributed by atoms with Crippen molar-refractivity contribution >= 4 is 29.2 Å². The Labute approximate surface area is 151 Å². The van der Waals surface area contributed by atoms with E-state index in [1.54, 1.807) is 0 Å². The van der Waals surface area contributed by atoms with Crippen LogP contribution in [0.2, 0.25) is 0 Å². The minimum Gasteiger partial charge on any atom is -0.380 e. The normalized spacial score (nSPS) is 39.0. The molecule has 0 N–H and O–H groups in total. The second-order valence-corrected chi connectivity index (χ2v) is 15.5. The smallest absolute Gasteiger partial charge is 0.231 e. The number of halogens is 1. The molecule has 5 heteroatoms.